The minimum Gasteiger partial charge on any atom is -0.435 e. The molecular formula is C51H32N2O. The summed E-state index contributed by atoms with van der Waals surface area (Å²) < 4.78 is 6.51. The molecule has 0 radical (unpaired) electrons. The van der Waals surface area contributed by atoms with Crippen molar-refractivity contribution in [2.75, 3.05) is 0 Å². The van der Waals surface area contributed by atoms with Gasteiger partial charge in [0.2, 0.25) is 5.89 Å². The van der Waals surface area contributed by atoms with Gasteiger partial charge in [0.05, 0.1) is 16.8 Å². The van der Waals surface area contributed by atoms with Crippen molar-refractivity contribution < 1.29 is 4.42 Å². The molecule has 0 fully saturated rings. The van der Waals surface area contributed by atoms with E-state index in [4.69, 9.17) is 14.4 Å². The van der Waals surface area contributed by atoms with Crippen LogP contribution in [0, 0.1) is 0 Å². The van der Waals surface area contributed by atoms with Gasteiger partial charge in [-0.2, -0.15) is 0 Å². The molecule has 1 aliphatic rings. The third-order valence-corrected chi connectivity index (χ3v) is 11.2. The predicted octanol–water partition coefficient (Wildman–Crippen LogP) is 12.9. The first-order valence-electron chi connectivity index (χ1n) is 18.4. The largest absolute Gasteiger partial charge is 0.435 e. The Balaban J connectivity index is 1.07. The zero-order chi connectivity index (χ0) is 35.6. The molecule has 0 N–H and O–H groups in total. The van der Waals surface area contributed by atoms with Gasteiger partial charge in [-0.25, -0.2) is 9.97 Å². The summed E-state index contributed by atoms with van der Waals surface area (Å²) in [5.74, 6) is 0.626. The van der Waals surface area contributed by atoms with Crippen LogP contribution in [0.5, 0.6) is 0 Å². The minimum absolute atomic E-state index is 0.464. The van der Waals surface area contributed by atoms with Crippen molar-refractivity contribution in [1.82, 2.24) is 9.97 Å². The van der Waals surface area contributed by atoms with Crippen LogP contribution in [0.1, 0.15) is 22.3 Å². The average Bonchev–Trinajstić information content (AvgIpc) is 3.82. The van der Waals surface area contributed by atoms with Crippen LogP contribution in [0.3, 0.4) is 0 Å². The quantitative estimate of drug-likeness (QED) is 0.169. The van der Waals surface area contributed by atoms with Crippen LogP contribution in [-0.2, 0) is 5.41 Å². The van der Waals surface area contributed by atoms with Crippen LogP contribution in [0.25, 0.3) is 77.7 Å². The first-order chi connectivity index (χ1) is 26.8. The normalized spacial score (nSPS) is 13.0. The standard InChI is InChI=1S/C51H32N2O/c1-4-13-35(14-5-1)50-53-47-30-28-34-25-23-33-24-26-36(31-42(33)48(34)49(47)54-50)45-21-12-22-46(52-45)37-27-29-41-40-19-10-11-20-43(40)51(44(41)32-37,38-15-6-2-7-16-38)39-17-8-3-9-18-39/h1-32H. The molecule has 8 aromatic carbocycles. The van der Waals surface area contributed by atoms with E-state index >= 15 is 0 Å². The Hall–Kier alpha value is -7.10. The summed E-state index contributed by atoms with van der Waals surface area (Å²) >= 11 is 0. The van der Waals surface area contributed by atoms with E-state index in [2.05, 4.69) is 158 Å². The molecule has 0 amide bonds. The fourth-order valence-electron chi connectivity index (χ4n) is 8.75. The Morgan fingerprint density at radius 1 is 0.407 bits per heavy atom. The fourth-order valence-corrected chi connectivity index (χ4v) is 8.75. The maximum atomic E-state index is 6.51. The van der Waals surface area contributed by atoms with Crippen LogP contribution in [0.15, 0.2) is 199 Å². The molecular weight excluding hydrogens is 657 g/mol. The van der Waals surface area contributed by atoms with Gasteiger partial charge >= 0.3 is 0 Å². The van der Waals surface area contributed by atoms with Crippen LogP contribution in [0.4, 0.5) is 0 Å². The monoisotopic (exact) mass is 688 g/mol. The van der Waals surface area contributed by atoms with Gasteiger partial charge in [-0.15, -0.1) is 0 Å². The molecule has 0 saturated heterocycles. The van der Waals surface area contributed by atoms with Gasteiger partial charge in [0.15, 0.2) is 5.58 Å². The number of nitrogens with zero attached hydrogens (tertiary/aromatic N) is 2. The van der Waals surface area contributed by atoms with Crippen LogP contribution in [-0.4, -0.2) is 9.97 Å². The minimum atomic E-state index is -0.464. The zero-order valence-corrected chi connectivity index (χ0v) is 29.3. The molecule has 0 unspecified atom stereocenters. The maximum Gasteiger partial charge on any atom is 0.227 e. The molecule has 0 bridgehead atoms. The van der Waals surface area contributed by atoms with Gasteiger partial charge in [0.25, 0.3) is 0 Å². The maximum absolute atomic E-state index is 6.51. The fraction of sp³-hybridized carbons (Fsp3) is 0.0196. The van der Waals surface area contributed by atoms with Gasteiger partial charge in [-0.05, 0) is 92.0 Å². The lowest BCUT2D eigenvalue weighted by atomic mass is 9.67. The lowest BCUT2D eigenvalue weighted by Gasteiger charge is -2.34. The highest BCUT2D eigenvalue weighted by Gasteiger charge is 2.46. The van der Waals surface area contributed by atoms with Gasteiger partial charge in [0, 0.05) is 22.1 Å². The van der Waals surface area contributed by atoms with Crippen molar-refractivity contribution in [2.45, 2.75) is 5.41 Å². The van der Waals surface area contributed by atoms with E-state index in [0.717, 1.165) is 60.7 Å². The molecule has 10 aromatic rings. The predicted molar refractivity (Wildman–Crippen MR) is 220 cm³/mol. The molecule has 3 heteroatoms. The summed E-state index contributed by atoms with van der Waals surface area (Å²) in [6.07, 6.45) is 0. The Bertz CT molecular complexity index is 3000. The van der Waals surface area contributed by atoms with Gasteiger partial charge in [-0.3, -0.25) is 0 Å². The third-order valence-electron chi connectivity index (χ3n) is 11.2. The lowest BCUT2D eigenvalue weighted by Crippen LogP contribution is -2.28. The number of rotatable bonds is 5. The molecule has 0 atom stereocenters. The van der Waals surface area contributed by atoms with E-state index < -0.39 is 5.41 Å². The van der Waals surface area contributed by atoms with Gasteiger partial charge in [0.1, 0.15) is 5.52 Å². The zero-order valence-electron chi connectivity index (χ0n) is 29.3. The van der Waals surface area contributed by atoms with E-state index in [0.29, 0.717) is 5.89 Å². The number of aromatic nitrogens is 2. The molecule has 54 heavy (non-hydrogen) atoms. The number of hydrogen-bond acceptors (Lipinski definition) is 3. The van der Waals surface area contributed by atoms with Gasteiger partial charge < -0.3 is 4.42 Å². The SMILES string of the molecule is c1ccc(-c2nc3ccc4ccc5ccc(-c6cccc(-c7ccc8c(c7)C(c7ccccc7)(c7ccccc7)c7ccccc7-8)n6)cc5c4c3o2)cc1. The molecule has 3 nitrogen and oxygen atoms in total. The van der Waals surface area contributed by atoms with Gasteiger partial charge in [-0.1, -0.05) is 152 Å². The molecule has 1 aliphatic carbocycles. The molecule has 0 aliphatic heterocycles. The second-order valence-electron chi connectivity index (χ2n) is 14.1. The average molecular weight is 689 g/mol. The molecule has 0 saturated carbocycles. The number of benzene rings is 8. The Morgan fingerprint density at radius 3 is 1.76 bits per heavy atom. The highest BCUT2D eigenvalue weighted by atomic mass is 16.3. The molecule has 11 rings (SSSR count). The molecule has 0 spiro atoms. The van der Waals surface area contributed by atoms with Crippen molar-refractivity contribution in [2.24, 2.45) is 0 Å². The molecule has 2 aromatic heterocycles. The molecule has 2 heterocycles. The Kier molecular flexibility index (Phi) is 6.77. The molecule has 252 valence electrons. The highest BCUT2D eigenvalue weighted by Crippen LogP contribution is 2.56. The van der Waals surface area contributed by atoms with Crippen molar-refractivity contribution >= 4 is 32.6 Å². The number of pyridine rings is 1. The smallest absolute Gasteiger partial charge is 0.227 e. The van der Waals surface area contributed by atoms with Crippen molar-refractivity contribution in [1.29, 1.82) is 0 Å². The first-order valence-corrected chi connectivity index (χ1v) is 18.4. The topological polar surface area (TPSA) is 38.9 Å². The first kappa shape index (κ1) is 30.5. The van der Waals surface area contributed by atoms with E-state index in [1.165, 1.54) is 33.4 Å². The third kappa shape index (κ3) is 4.55. The van der Waals surface area contributed by atoms with Crippen molar-refractivity contribution in [3.05, 3.63) is 216 Å². The van der Waals surface area contributed by atoms with Crippen LogP contribution < -0.4 is 0 Å². The summed E-state index contributed by atoms with van der Waals surface area (Å²) in [4.78, 5) is 10.2. The lowest BCUT2D eigenvalue weighted by molar-refractivity contribution is 0.623. The summed E-state index contributed by atoms with van der Waals surface area (Å²) in [7, 11) is 0. The van der Waals surface area contributed by atoms with E-state index in [9.17, 15) is 0 Å². The Labute approximate surface area is 312 Å². The van der Waals surface area contributed by atoms with E-state index in [1.807, 2.05) is 36.4 Å². The van der Waals surface area contributed by atoms with Crippen LogP contribution >= 0.6 is 0 Å². The summed E-state index contributed by atoms with van der Waals surface area (Å²) in [6, 6.07) is 69.2. The number of fused-ring (bicyclic) bond motifs is 8. The van der Waals surface area contributed by atoms with E-state index in [-0.39, 0.29) is 0 Å². The second-order valence-corrected chi connectivity index (χ2v) is 14.1. The summed E-state index contributed by atoms with van der Waals surface area (Å²) in [6.45, 7) is 0. The summed E-state index contributed by atoms with van der Waals surface area (Å²) in [5.41, 5.74) is 13.7. The second kappa shape index (κ2) is 12.0. The van der Waals surface area contributed by atoms with E-state index in [1.54, 1.807) is 0 Å². The number of oxazole rings is 1. The van der Waals surface area contributed by atoms with Crippen molar-refractivity contribution in [3.63, 3.8) is 0 Å². The number of hydrogen-bond donors (Lipinski definition) is 0. The van der Waals surface area contributed by atoms with Crippen molar-refractivity contribution in [3.8, 4) is 45.1 Å². The highest BCUT2D eigenvalue weighted by molar-refractivity contribution is 6.18. The van der Waals surface area contributed by atoms with Crippen LogP contribution in [0.2, 0.25) is 0 Å². The Morgan fingerprint density at radius 2 is 1.00 bits per heavy atom. The summed E-state index contributed by atoms with van der Waals surface area (Å²) in [5, 5.41) is 4.44.